The SMILES string of the molecule is CCN(CC)C[C@H]1CC[C@H](CCB(O)O)C[C@@]1(N)C(=O)O. The predicted molar refractivity (Wildman–Crippen MR) is 82.8 cm³/mol. The number of hydrogen-bond acceptors (Lipinski definition) is 5. The van der Waals surface area contributed by atoms with Gasteiger partial charge in [0.15, 0.2) is 0 Å². The zero-order valence-corrected chi connectivity index (χ0v) is 13.2. The maximum absolute atomic E-state index is 11.7. The van der Waals surface area contributed by atoms with Gasteiger partial charge in [-0.05, 0) is 44.6 Å². The lowest BCUT2D eigenvalue weighted by Crippen LogP contribution is -2.60. The van der Waals surface area contributed by atoms with Crippen LogP contribution in [0.3, 0.4) is 0 Å². The fourth-order valence-electron chi connectivity index (χ4n) is 3.38. The first-order chi connectivity index (χ1) is 9.83. The summed E-state index contributed by atoms with van der Waals surface area (Å²) in [5.41, 5.74) is 5.05. The van der Waals surface area contributed by atoms with E-state index in [1.165, 1.54) is 0 Å². The van der Waals surface area contributed by atoms with E-state index in [1.54, 1.807) is 0 Å². The summed E-state index contributed by atoms with van der Waals surface area (Å²) in [5, 5.41) is 27.5. The highest BCUT2D eigenvalue weighted by atomic mass is 16.4. The predicted octanol–water partition coefficient (Wildman–Crippen LogP) is 0.390. The van der Waals surface area contributed by atoms with E-state index in [0.717, 1.165) is 25.9 Å². The van der Waals surface area contributed by atoms with Crippen LogP contribution in [0.15, 0.2) is 0 Å². The normalized spacial score (nSPS) is 29.6. The van der Waals surface area contributed by atoms with Gasteiger partial charge in [-0.1, -0.05) is 20.3 Å². The van der Waals surface area contributed by atoms with Crippen molar-refractivity contribution < 1.29 is 19.9 Å². The number of carboxylic acid groups (broad SMARTS) is 1. The minimum atomic E-state index is -1.32. The Hall–Kier alpha value is -0.625. The topological polar surface area (TPSA) is 107 Å². The van der Waals surface area contributed by atoms with Crippen LogP contribution < -0.4 is 5.73 Å². The summed E-state index contributed by atoms with van der Waals surface area (Å²) in [6, 6.07) is 0. The van der Waals surface area contributed by atoms with Crippen LogP contribution >= 0.6 is 0 Å². The van der Waals surface area contributed by atoms with Crippen molar-refractivity contribution >= 4 is 13.1 Å². The Morgan fingerprint density at radius 3 is 2.43 bits per heavy atom. The summed E-state index contributed by atoms with van der Waals surface area (Å²) in [5.74, 6) is -0.833. The number of carboxylic acids is 1. The van der Waals surface area contributed by atoms with E-state index in [9.17, 15) is 9.90 Å². The molecule has 0 amide bonds. The number of hydrogen-bond donors (Lipinski definition) is 4. The standard InChI is InChI=1S/C14H29BN2O4/c1-3-17(4-2)10-12-6-5-11(7-8-15(20)21)9-14(12,16)13(18)19/h11-12,20-21H,3-10,16H2,1-2H3,(H,18,19)/t11-,12-,14+/m1/s1. The largest absolute Gasteiger partial charge is 0.480 e. The number of carbonyl (C=O) groups is 1. The van der Waals surface area contributed by atoms with Gasteiger partial charge in [0, 0.05) is 12.5 Å². The number of aliphatic carboxylic acids is 1. The minimum absolute atomic E-state index is 0.0507. The van der Waals surface area contributed by atoms with Gasteiger partial charge in [-0.2, -0.15) is 0 Å². The first-order valence-corrected chi connectivity index (χ1v) is 7.94. The Labute approximate surface area is 127 Å². The van der Waals surface area contributed by atoms with Crippen LogP contribution in [0.4, 0.5) is 0 Å². The molecule has 1 aliphatic carbocycles. The van der Waals surface area contributed by atoms with Gasteiger partial charge in [0.1, 0.15) is 5.54 Å². The quantitative estimate of drug-likeness (QED) is 0.483. The van der Waals surface area contributed by atoms with Crippen LogP contribution in [-0.4, -0.2) is 58.3 Å². The molecular weight excluding hydrogens is 271 g/mol. The Balaban J connectivity index is 2.72. The molecule has 5 N–H and O–H groups in total. The van der Waals surface area contributed by atoms with Crippen LogP contribution in [0, 0.1) is 11.8 Å². The van der Waals surface area contributed by atoms with Crippen molar-refractivity contribution in [1.82, 2.24) is 4.90 Å². The van der Waals surface area contributed by atoms with E-state index >= 15 is 0 Å². The molecule has 1 saturated carbocycles. The third-order valence-corrected chi connectivity index (χ3v) is 4.88. The molecule has 6 nitrogen and oxygen atoms in total. The number of nitrogens with zero attached hydrogens (tertiary/aromatic N) is 1. The Morgan fingerprint density at radius 1 is 1.33 bits per heavy atom. The lowest BCUT2D eigenvalue weighted by atomic mass is 9.66. The zero-order chi connectivity index (χ0) is 16.0. The van der Waals surface area contributed by atoms with Crippen LogP contribution in [-0.2, 0) is 4.79 Å². The van der Waals surface area contributed by atoms with Gasteiger partial charge in [0.2, 0.25) is 0 Å². The maximum Gasteiger partial charge on any atom is 0.451 e. The molecule has 0 bridgehead atoms. The molecule has 0 unspecified atom stereocenters. The van der Waals surface area contributed by atoms with E-state index in [2.05, 4.69) is 18.7 Å². The van der Waals surface area contributed by atoms with E-state index in [0.29, 0.717) is 19.4 Å². The summed E-state index contributed by atoms with van der Waals surface area (Å²) >= 11 is 0. The van der Waals surface area contributed by atoms with Gasteiger partial charge in [-0.15, -0.1) is 0 Å². The second-order valence-electron chi connectivity index (χ2n) is 6.23. The van der Waals surface area contributed by atoms with Gasteiger partial charge < -0.3 is 25.8 Å². The van der Waals surface area contributed by atoms with Gasteiger partial charge in [-0.25, -0.2) is 0 Å². The molecule has 0 aromatic heterocycles. The first-order valence-electron chi connectivity index (χ1n) is 7.94. The molecule has 0 aromatic carbocycles. The Bertz CT molecular complexity index is 339. The smallest absolute Gasteiger partial charge is 0.451 e. The summed E-state index contributed by atoms with van der Waals surface area (Å²) in [7, 11) is -1.32. The molecular formula is C14H29BN2O4. The fourth-order valence-corrected chi connectivity index (χ4v) is 3.38. The van der Waals surface area contributed by atoms with Crippen molar-refractivity contribution in [2.75, 3.05) is 19.6 Å². The average molecular weight is 300 g/mol. The van der Waals surface area contributed by atoms with E-state index in [-0.39, 0.29) is 18.2 Å². The molecule has 0 heterocycles. The third kappa shape index (κ3) is 4.95. The van der Waals surface area contributed by atoms with Gasteiger partial charge in [-0.3, -0.25) is 4.79 Å². The Kier molecular flexibility index (Phi) is 7.13. The molecule has 1 rings (SSSR count). The molecule has 0 aromatic rings. The van der Waals surface area contributed by atoms with Gasteiger partial charge >= 0.3 is 13.1 Å². The second kappa shape index (κ2) is 8.12. The van der Waals surface area contributed by atoms with Crippen molar-refractivity contribution in [1.29, 1.82) is 0 Å². The average Bonchev–Trinajstić information content (AvgIpc) is 2.44. The van der Waals surface area contributed by atoms with E-state index in [1.807, 2.05) is 0 Å². The molecule has 7 heteroatoms. The van der Waals surface area contributed by atoms with Crippen molar-refractivity contribution in [2.24, 2.45) is 17.6 Å². The molecule has 1 fully saturated rings. The molecule has 122 valence electrons. The highest BCUT2D eigenvalue weighted by Crippen LogP contribution is 2.38. The van der Waals surface area contributed by atoms with Crippen molar-refractivity contribution in [3.8, 4) is 0 Å². The molecule has 0 aliphatic heterocycles. The molecule has 1 aliphatic rings. The molecule has 3 atom stereocenters. The highest BCUT2D eigenvalue weighted by molar-refractivity contribution is 6.40. The minimum Gasteiger partial charge on any atom is -0.480 e. The zero-order valence-electron chi connectivity index (χ0n) is 13.2. The molecule has 0 spiro atoms. The lowest BCUT2D eigenvalue weighted by Gasteiger charge is -2.43. The highest BCUT2D eigenvalue weighted by Gasteiger charge is 2.47. The fraction of sp³-hybridized carbons (Fsp3) is 0.929. The van der Waals surface area contributed by atoms with Crippen molar-refractivity contribution in [2.45, 2.75) is 51.4 Å². The van der Waals surface area contributed by atoms with Crippen LogP contribution in [0.2, 0.25) is 6.32 Å². The summed E-state index contributed by atoms with van der Waals surface area (Å²) in [6.07, 6.45) is 3.00. The van der Waals surface area contributed by atoms with Crippen molar-refractivity contribution in [3.05, 3.63) is 0 Å². The van der Waals surface area contributed by atoms with Gasteiger partial charge in [0.25, 0.3) is 0 Å². The van der Waals surface area contributed by atoms with E-state index < -0.39 is 18.6 Å². The monoisotopic (exact) mass is 300 g/mol. The number of rotatable bonds is 8. The number of nitrogens with two attached hydrogens (primary N) is 1. The van der Waals surface area contributed by atoms with Gasteiger partial charge in [0.05, 0.1) is 0 Å². The summed E-state index contributed by atoms with van der Waals surface area (Å²) < 4.78 is 0. The summed E-state index contributed by atoms with van der Waals surface area (Å²) in [6.45, 7) is 6.63. The summed E-state index contributed by atoms with van der Waals surface area (Å²) in [4.78, 5) is 13.9. The molecule has 0 radical (unpaired) electrons. The maximum atomic E-state index is 11.7. The lowest BCUT2D eigenvalue weighted by molar-refractivity contribution is -0.148. The first kappa shape index (κ1) is 18.4. The Morgan fingerprint density at radius 2 is 1.95 bits per heavy atom. The molecule has 0 saturated heterocycles. The van der Waals surface area contributed by atoms with Crippen molar-refractivity contribution in [3.63, 3.8) is 0 Å². The third-order valence-electron chi connectivity index (χ3n) is 4.88. The van der Waals surface area contributed by atoms with Crippen LogP contribution in [0.5, 0.6) is 0 Å². The molecule has 21 heavy (non-hydrogen) atoms. The van der Waals surface area contributed by atoms with E-state index in [4.69, 9.17) is 15.8 Å². The second-order valence-corrected chi connectivity index (χ2v) is 6.23. The van der Waals surface area contributed by atoms with Crippen LogP contribution in [0.25, 0.3) is 0 Å². The van der Waals surface area contributed by atoms with Crippen LogP contribution in [0.1, 0.15) is 39.5 Å².